The lowest BCUT2D eigenvalue weighted by Crippen LogP contribution is -2.37. The summed E-state index contributed by atoms with van der Waals surface area (Å²) in [6.45, 7) is 0. The molecule has 4 aromatic rings. The minimum atomic E-state index is -1.04. The Hall–Kier alpha value is -3.34. The van der Waals surface area contributed by atoms with Gasteiger partial charge in [-0.3, -0.25) is 0 Å². The number of rotatable bonds is 4. The van der Waals surface area contributed by atoms with Crippen LogP contribution in [0.5, 0.6) is 0 Å². The molecule has 0 saturated carbocycles. The van der Waals surface area contributed by atoms with Crippen LogP contribution in [0, 0.1) is 17.5 Å². The minimum absolute atomic E-state index is 0.378. The second-order valence-electron chi connectivity index (χ2n) is 6.20. The summed E-state index contributed by atoms with van der Waals surface area (Å²) < 4.78 is 43.2. The van der Waals surface area contributed by atoms with Gasteiger partial charge in [-0.1, -0.05) is 36.4 Å². The van der Waals surface area contributed by atoms with Crippen LogP contribution in [0.25, 0.3) is 0 Å². The fourth-order valence-corrected chi connectivity index (χ4v) is 3.50. The van der Waals surface area contributed by atoms with Crippen molar-refractivity contribution in [1.29, 1.82) is 0 Å². The van der Waals surface area contributed by atoms with Crippen molar-refractivity contribution in [3.8, 4) is 0 Å². The first-order chi connectivity index (χ1) is 13.1. The normalized spacial score (nSPS) is 11.5. The van der Waals surface area contributed by atoms with Crippen molar-refractivity contribution >= 4 is 0 Å². The van der Waals surface area contributed by atoms with Gasteiger partial charge in [0.1, 0.15) is 23.0 Å². The second-order valence-corrected chi connectivity index (χ2v) is 6.20. The maximum Gasteiger partial charge on any atom is 0.123 e. The highest BCUT2D eigenvalue weighted by Gasteiger charge is 2.38. The van der Waals surface area contributed by atoms with Gasteiger partial charge in [0.15, 0.2) is 0 Å². The zero-order valence-electron chi connectivity index (χ0n) is 14.2. The number of imidazole rings is 1. The fourth-order valence-electron chi connectivity index (χ4n) is 3.50. The molecule has 5 heteroatoms. The summed E-state index contributed by atoms with van der Waals surface area (Å²) in [5, 5.41) is 0. The summed E-state index contributed by atoms with van der Waals surface area (Å²) in [5.74, 6) is -1.16. The molecule has 3 aromatic carbocycles. The van der Waals surface area contributed by atoms with E-state index in [2.05, 4.69) is 4.98 Å². The maximum atomic E-state index is 14.2. The van der Waals surface area contributed by atoms with Crippen molar-refractivity contribution in [2.45, 2.75) is 5.54 Å². The average Bonchev–Trinajstić information content (AvgIpc) is 3.20. The first-order valence-electron chi connectivity index (χ1n) is 8.37. The fraction of sp³-hybridized carbons (Fsp3) is 0.0455. The summed E-state index contributed by atoms with van der Waals surface area (Å²) >= 11 is 0. The number of hydrogen-bond acceptors (Lipinski definition) is 1. The second kappa shape index (κ2) is 6.76. The summed E-state index contributed by atoms with van der Waals surface area (Å²) in [6.07, 6.45) is 4.97. The molecule has 0 bridgehead atoms. The Morgan fingerprint density at radius 3 is 1.74 bits per heavy atom. The van der Waals surface area contributed by atoms with E-state index in [1.54, 1.807) is 55.1 Å². The van der Waals surface area contributed by atoms with Gasteiger partial charge in [-0.15, -0.1) is 0 Å². The van der Waals surface area contributed by atoms with Crippen LogP contribution in [0.1, 0.15) is 16.7 Å². The predicted molar refractivity (Wildman–Crippen MR) is 96.7 cm³/mol. The monoisotopic (exact) mass is 364 g/mol. The highest BCUT2D eigenvalue weighted by Crippen LogP contribution is 2.41. The number of halogens is 3. The third-order valence-corrected chi connectivity index (χ3v) is 4.66. The van der Waals surface area contributed by atoms with Crippen LogP contribution in [0.4, 0.5) is 13.2 Å². The number of hydrogen-bond donors (Lipinski definition) is 0. The van der Waals surface area contributed by atoms with E-state index in [1.165, 1.54) is 36.4 Å². The zero-order chi connectivity index (χ0) is 18.9. The lowest BCUT2D eigenvalue weighted by atomic mass is 9.76. The third-order valence-electron chi connectivity index (χ3n) is 4.66. The van der Waals surface area contributed by atoms with Crippen LogP contribution >= 0.6 is 0 Å². The Bertz CT molecular complexity index is 994. The smallest absolute Gasteiger partial charge is 0.123 e. The number of nitrogens with zero attached hydrogens (tertiary/aromatic N) is 2. The van der Waals surface area contributed by atoms with Gasteiger partial charge in [0.25, 0.3) is 0 Å². The highest BCUT2D eigenvalue weighted by molar-refractivity contribution is 5.50. The molecule has 134 valence electrons. The van der Waals surface area contributed by atoms with Crippen LogP contribution in [0.3, 0.4) is 0 Å². The predicted octanol–water partition coefficient (Wildman–Crippen LogP) is 5.14. The van der Waals surface area contributed by atoms with Crippen LogP contribution < -0.4 is 0 Å². The number of aromatic nitrogens is 2. The van der Waals surface area contributed by atoms with Crippen LogP contribution in [-0.4, -0.2) is 9.55 Å². The lowest BCUT2D eigenvalue weighted by molar-refractivity contribution is 0.505. The van der Waals surface area contributed by atoms with Crippen molar-refractivity contribution in [2.75, 3.05) is 0 Å². The quantitative estimate of drug-likeness (QED) is 0.459. The summed E-state index contributed by atoms with van der Waals surface area (Å²) in [6, 6.07) is 18.2. The Balaban J connectivity index is 2.11. The molecule has 27 heavy (non-hydrogen) atoms. The largest absolute Gasteiger partial charge is 0.319 e. The molecule has 0 saturated heterocycles. The van der Waals surface area contributed by atoms with E-state index in [0.29, 0.717) is 16.7 Å². The van der Waals surface area contributed by atoms with E-state index in [-0.39, 0.29) is 11.6 Å². The maximum absolute atomic E-state index is 14.2. The summed E-state index contributed by atoms with van der Waals surface area (Å²) in [4.78, 5) is 4.14. The van der Waals surface area contributed by atoms with Gasteiger partial charge in [0.05, 0.1) is 6.33 Å². The molecule has 0 spiro atoms. The van der Waals surface area contributed by atoms with E-state index in [0.717, 1.165) is 0 Å². The van der Waals surface area contributed by atoms with E-state index in [1.807, 2.05) is 4.57 Å². The topological polar surface area (TPSA) is 17.8 Å². The number of benzene rings is 3. The molecule has 2 nitrogen and oxygen atoms in total. The zero-order valence-corrected chi connectivity index (χ0v) is 14.2. The van der Waals surface area contributed by atoms with Crippen molar-refractivity contribution in [2.24, 2.45) is 0 Å². The van der Waals surface area contributed by atoms with Crippen molar-refractivity contribution in [3.63, 3.8) is 0 Å². The van der Waals surface area contributed by atoms with Crippen molar-refractivity contribution in [3.05, 3.63) is 126 Å². The Morgan fingerprint density at radius 2 is 1.26 bits per heavy atom. The molecule has 0 aliphatic rings. The molecule has 0 N–H and O–H groups in total. The first kappa shape index (κ1) is 17.1. The average molecular weight is 364 g/mol. The molecule has 4 rings (SSSR count). The van der Waals surface area contributed by atoms with Gasteiger partial charge < -0.3 is 4.57 Å². The van der Waals surface area contributed by atoms with Crippen molar-refractivity contribution < 1.29 is 13.2 Å². The molecular weight excluding hydrogens is 349 g/mol. The SMILES string of the molecule is Fc1ccc(C(c2ccc(F)cc2)(c2cccc(F)c2)n2ccnc2)cc1. The summed E-state index contributed by atoms with van der Waals surface area (Å²) in [7, 11) is 0. The van der Waals surface area contributed by atoms with Crippen LogP contribution in [0.15, 0.2) is 91.5 Å². The molecule has 0 aliphatic carbocycles. The first-order valence-corrected chi connectivity index (χ1v) is 8.37. The molecule has 0 fully saturated rings. The standard InChI is InChI=1S/C22H15F3N2/c23-19-8-4-16(5-9-19)22(27-13-12-26-15-27,17-6-10-20(24)11-7-17)18-2-1-3-21(25)14-18/h1-15H. The van der Waals surface area contributed by atoms with Gasteiger partial charge in [0, 0.05) is 12.4 Å². The molecule has 1 heterocycles. The van der Waals surface area contributed by atoms with Gasteiger partial charge in [0.2, 0.25) is 0 Å². The van der Waals surface area contributed by atoms with E-state index in [9.17, 15) is 13.2 Å². The van der Waals surface area contributed by atoms with E-state index in [4.69, 9.17) is 0 Å². The Labute approximate surface area is 154 Å². The van der Waals surface area contributed by atoms with Gasteiger partial charge in [-0.2, -0.15) is 0 Å². The Kier molecular flexibility index (Phi) is 4.28. The molecule has 0 unspecified atom stereocenters. The third kappa shape index (κ3) is 2.91. The van der Waals surface area contributed by atoms with Gasteiger partial charge in [-0.05, 0) is 53.1 Å². The Morgan fingerprint density at radius 1 is 0.667 bits per heavy atom. The van der Waals surface area contributed by atoms with Crippen LogP contribution in [-0.2, 0) is 5.54 Å². The summed E-state index contributed by atoms with van der Waals surface area (Å²) in [5.41, 5.74) is 0.955. The molecule has 1 aromatic heterocycles. The van der Waals surface area contributed by atoms with Gasteiger partial charge in [-0.25, -0.2) is 18.2 Å². The highest BCUT2D eigenvalue weighted by atomic mass is 19.1. The lowest BCUT2D eigenvalue weighted by Gasteiger charge is -2.37. The molecular formula is C22H15F3N2. The van der Waals surface area contributed by atoms with Crippen LogP contribution in [0.2, 0.25) is 0 Å². The molecule has 0 atom stereocenters. The van der Waals surface area contributed by atoms with E-state index >= 15 is 0 Å². The van der Waals surface area contributed by atoms with Gasteiger partial charge >= 0.3 is 0 Å². The minimum Gasteiger partial charge on any atom is -0.319 e. The molecule has 0 radical (unpaired) electrons. The van der Waals surface area contributed by atoms with Crippen molar-refractivity contribution in [1.82, 2.24) is 9.55 Å². The van der Waals surface area contributed by atoms with E-state index < -0.39 is 11.4 Å². The molecule has 0 amide bonds. The molecule has 0 aliphatic heterocycles.